The molecule has 0 aromatic heterocycles. The number of nitriles is 1. The predicted octanol–water partition coefficient (Wildman–Crippen LogP) is 4.08. The van der Waals surface area contributed by atoms with Crippen LogP contribution in [-0.2, 0) is 0 Å². The zero-order valence-electron chi connectivity index (χ0n) is 11.4. The van der Waals surface area contributed by atoms with Gasteiger partial charge in [0.1, 0.15) is 6.07 Å². The van der Waals surface area contributed by atoms with Crippen LogP contribution >= 0.6 is 0 Å². The van der Waals surface area contributed by atoms with Crippen molar-refractivity contribution in [2.45, 2.75) is 19.8 Å². The van der Waals surface area contributed by atoms with Crippen LogP contribution in [0, 0.1) is 18.3 Å². The van der Waals surface area contributed by atoms with E-state index in [1.54, 1.807) is 0 Å². The SMILES string of the molecule is Cc1cccc(C#N)c1NCC(C)c1ccccc1. The van der Waals surface area contributed by atoms with Gasteiger partial charge < -0.3 is 5.32 Å². The van der Waals surface area contributed by atoms with Crippen molar-refractivity contribution in [3.63, 3.8) is 0 Å². The summed E-state index contributed by atoms with van der Waals surface area (Å²) in [5.41, 5.74) is 4.08. The number of hydrogen-bond donors (Lipinski definition) is 1. The fourth-order valence-corrected chi connectivity index (χ4v) is 2.15. The lowest BCUT2D eigenvalue weighted by molar-refractivity contribution is 0.804. The second-order valence-electron chi connectivity index (χ2n) is 4.80. The number of benzene rings is 2. The number of anilines is 1. The number of aryl methyl sites for hydroxylation is 1. The van der Waals surface area contributed by atoms with E-state index in [0.29, 0.717) is 11.5 Å². The van der Waals surface area contributed by atoms with Gasteiger partial charge in [-0.15, -0.1) is 0 Å². The molecule has 0 heterocycles. The van der Waals surface area contributed by atoms with Gasteiger partial charge in [0, 0.05) is 6.54 Å². The van der Waals surface area contributed by atoms with E-state index in [2.05, 4.69) is 42.6 Å². The van der Waals surface area contributed by atoms with E-state index in [1.807, 2.05) is 31.2 Å². The van der Waals surface area contributed by atoms with E-state index in [1.165, 1.54) is 5.56 Å². The summed E-state index contributed by atoms with van der Waals surface area (Å²) in [6, 6.07) is 18.4. The maximum absolute atomic E-state index is 9.14. The van der Waals surface area contributed by atoms with Crippen LogP contribution in [0.5, 0.6) is 0 Å². The molecule has 2 aromatic carbocycles. The topological polar surface area (TPSA) is 35.8 Å². The van der Waals surface area contributed by atoms with E-state index in [9.17, 15) is 0 Å². The third kappa shape index (κ3) is 3.14. The minimum atomic E-state index is 0.410. The highest BCUT2D eigenvalue weighted by atomic mass is 14.9. The first-order valence-electron chi connectivity index (χ1n) is 6.51. The molecule has 0 radical (unpaired) electrons. The van der Waals surface area contributed by atoms with Crippen molar-refractivity contribution in [1.29, 1.82) is 5.26 Å². The minimum absolute atomic E-state index is 0.410. The van der Waals surface area contributed by atoms with Crippen molar-refractivity contribution in [1.82, 2.24) is 0 Å². The van der Waals surface area contributed by atoms with Gasteiger partial charge in [-0.25, -0.2) is 0 Å². The Balaban J connectivity index is 2.10. The molecule has 2 aromatic rings. The van der Waals surface area contributed by atoms with Crippen molar-refractivity contribution in [2.24, 2.45) is 0 Å². The lowest BCUT2D eigenvalue weighted by Gasteiger charge is -2.16. The van der Waals surface area contributed by atoms with Gasteiger partial charge in [-0.1, -0.05) is 49.4 Å². The number of rotatable bonds is 4. The predicted molar refractivity (Wildman–Crippen MR) is 79.2 cm³/mol. The molecule has 1 atom stereocenters. The Hall–Kier alpha value is -2.27. The summed E-state index contributed by atoms with van der Waals surface area (Å²) in [6.45, 7) is 5.03. The molecule has 0 amide bonds. The van der Waals surface area contributed by atoms with Gasteiger partial charge in [0.2, 0.25) is 0 Å². The summed E-state index contributed by atoms with van der Waals surface area (Å²) in [4.78, 5) is 0. The number of nitrogens with one attached hydrogen (secondary N) is 1. The number of nitrogens with zero attached hydrogens (tertiary/aromatic N) is 1. The first kappa shape index (κ1) is 13.2. The first-order chi connectivity index (χ1) is 9.22. The summed E-state index contributed by atoms with van der Waals surface area (Å²) in [7, 11) is 0. The second-order valence-corrected chi connectivity index (χ2v) is 4.80. The summed E-state index contributed by atoms with van der Waals surface area (Å²) >= 11 is 0. The molecular formula is C17H18N2. The molecule has 1 unspecified atom stereocenters. The van der Waals surface area contributed by atoms with E-state index < -0.39 is 0 Å². The smallest absolute Gasteiger partial charge is 0.101 e. The molecule has 2 nitrogen and oxygen atoms in total. The van der Waals surface area contributed by atoms with Crippen LogP contribution in [0.1, 0.15) is 29.5 Å². The highest BCUT2D eigenvalue weighted by Gasteiger charge is 2.08. The van der Waals surface area contributed by atoms with Gasteiger partial charge in [0.15, 0.2) is 0 Å². The van der Waals surface area contributed by atoms with Gasteiger partial charge in [-0.05, 0) is 30.0 Å². The fourth-order valence-electron chi connectivity index (χ4n) is 2.15. The molecule has 19 heavy (non-hydrogen) atoms. The lowest BCUT2D eigenvalue weighted by Crippen LogP contribution is -2.11. The molecule has 0 spiro atoms. The van der Waals surface area contributed by atoms with Crippen molar-refractivity contribution >= 4 is 5.69 Å². The summed E-state index contributed by atoms with van der Waals surface area (Å²) in [6.07, 6.45) is 0. The first-order valence-corrected chi connectivity index (χ1v) is 6.51. The Morgan fingerprint density at radius 3 is 2.53 bits per heavy atom. The monoisotopic (exact) mass is 250 g/mol. The van der Waals surface area contributed by atoms with E-state index in [0.717, 1.165) is 17.8 Å². The largest absolute Gasteiger partial charge is 0.383 e. The van der Waals surface area contributed by atoms with Crippen LogP contribution in [0.25, 0.3) is 0 Å². The van der Waals surface area contributed by atoms with Gasteiger partial charge in [0.05, 0.1) is 11.3 Å². The Morgan fingerprint density at radius 2 is 1.84 bits per heavy atom. The highest BCUT2D eigenvalue weighted by molar-refractivity contribution is 5.62. The summed E-state index contributed by atoms with van der Waals surface area (Å²) < 4.78 is 0. The molecule has 96 valence electrons. The molecule has 0 saturated heterocycles. The van der Waals surface area contributed by atoms with Gasteiger partial charge in [-0.3, -0.25) is 0 Å². The molecule has 0 saturated carbocycles. The van der Waals surface area contributed by atoms with Crippen LogP contribution in [0.4, 0.5) is 5.69 Å². The second kappa shape index (κ2) is 6.06. The average Bonchev–Trinajstić information content (AvgIpc) is 2.46. The fraction of sp³-hybridized carbons (Fsp3) is 0.235. The Bertz CT molecular complexity index is 582. The maximum Gasteiger partial charge on any atom is 0.101 e. The van der Waals surface area contributed by atoms with Crippen molar-refractivity contribution in [2.75, 3.05) is 11.9 Å². The van der Waals surface area contributed by atoms with Crippen molar-refractivity contribution < 1.29 is 0 Å². The molecule has 0 aliphatic heterocycles. The van der Waals surface area contributed by atoms with Gasteiger partial charge in [-0.2, -0.15) is 5.26 Å². The molecule has 0 aliphatic carbocycles. The third-order valence-electron chi connectivity index (χ3n) is 3.35. The lowest BCUT2D eigenvalue weighted by atomic mass is 10.0. The number of para-hydroxylation sites is 1. The zero-order valence-corrected chi connectivity index (χ0v) is 11.4. The molecule has 2 rings (SSSR count). The molecule has 0 fully saturated rings. The third-order valence-corrected chi connectivity index (χ3v) is 3.35. The Labute approximate surface area is 114 Å². The average molecular weight is 250 g/mol. The van der Waals surface area contributed by atoms with Crippen molar-refractivity contribution in [3.8, 4) is 6.07 Å². The van der Waals surface area contributed by atoms with Crippen LogP contribution in [0.2, 0.25) is 0 Å². The summed E-state index contributed by atoms with van der Waals surface area (Å²) in [5.74, 6) is 0.410. The molecule has 0 aliphatic rings. The number of hydrogen-bond acceptors (Lipinski definition) is 2. The maximum atomic E-state index is 9.14. The Kier molecular flexibility index (Phi) is 4.20. The van der Waals surface area contributed by atoms with Gasteiger partial charge >= 0.3 is 0 Å². The highest BCUT2D eigenvalue weighted by Crippen LogP contribution is 2.22. The quantitative estimate of drug-likeness (QED) is 0.887. The van der Waals surface area contributed by atoms with E-state index in [-0.39, 0.29) is 0 Å². The van der Waals surface area contributed by atoms with E-state index in [4.69, 9.17) is 5.26 Å². The standard InChI is InChI=1S/C17H18N2/c1-13-7-6-10-16(11-18)17(13)19-12-14(2)15-8-4-3-5-9-15/h3-10,14,19H,12H2,1-2H3. The zero-order chi connectivity index (χ0) is 13.7. The molecule has 2 heteroatoms. The minimum Gasteiger partial charge on any atom is -0.383 e. The summed E-state index contributed by atoms with van der Waals surface area (Å²) in [5, 5.41) is 12.5. The van der Waals surface area contributed by atoms with E-state index >= 15 is 0 Å². The van der Waals surface area contributed by atoms with Crippen LogP contribution in [0.15, 0.2) is 48.5 Å². The van der Waals surface area contributed by atoms with Gasteiger partial charge in [0.25, 0.3) is 0 Å². The van der Waals surface area contributed by atoms with Crippen LogP contribution < -0.4 is 5.32 Å². The van der Waals surface area contributed by atoms with Crippen molar-refractivity contribution in [3.05, 3.63) is 65.2 Å². The Morgan fingerprint density at radius 1 is 1.11 bits per heavy atom. The molecule has 1 N–H and O–H groups in total. The normalized spacial score (nSPS) is 11.6. The molecular weight excluding hydrogens is 232 g/mol. The van der Waals surface area contributed by atoms with Crippen LogP contribution in [0.3, 0.4) is 0 Å². The van der Waals surface area contributed by atoms with Crippen LogP contribution in [-0.4, -0.2) is 6.54 Å². The molecule has 0 bridgehead atoms.